The topological polar surface area (TPSA) is 117 Å². The summed E-state index contributed by atoms with van der Waals surface area (Å²) >= 11 is 2.78. The third-order valence-corrected chi connectivity index (χ3v) is 12.6. The largest absolute Gasteiger partial charge is 0.462 e. The van der Waals surface area contributed by atoms with Crippen molar-refractivity contribution < 1.29 is 23.9 Å². The van der Waals surface area contributed by atoms with Crippen LogP contribution < -0.4 is 20.9 Å². The predicted octanol–water partition coefficient (Wildman–Crippen LogP) is 10.1. The summed E-state index contributed by atoms with van der Waals surface area (Å²) in [7, 11) is 3.90. The SMILES string of the molecule is CCOC(=O)c1c(NC(=O)C(Sc2cccc(NC(=O)/C(=C\c3ccc(N(C)C)cc3)NC(=O)c3ccccc3)c2)c2ccccc2)sc2c1CCC(c1ccccc1)C2. The van der Waals surface area contributed by atoms with Gasteiger partial charge in [-0.05, 0) is 103 Å². The Hall–Kier alpha value is -6.43. The molecule has 1 aliphatic rings. The molecule has 0 bridgehead atoms. The van der Waals surface area contributed by atoms with Gasteiger partial charge in [-0.25, -0.2) is 4.79 Å². The molecule has 7 rings (SSSR count). The smallest absolute Gasteiger partial charge is 0.341 e. The first-order valence-corrected chi connectivity index (χ1v) is 21.5. The number of fused-ring (bicyclic) bond motifs is 1. The van der Waals surface area contributed by atoms with Crippen LogP contribution >= 0.6 is 23.1 Å². The van der Waals surface area contributed by atoms with E-state index in [1.807, 2.05) is 104 Å². The van der Waals surface area contributed by atoms with Crippen molar-refractivity contribution in [1.29, 1.82) is 0 Å². The van der Waals surface area contributed by atoms with Gasteiger partial charge < -0.3 is 25.6 Å². The lowest BCUT2D eigenvalue weighted by molar-refractivity contribution is -0.116. The maximum Gasteiger partial charge on any atom is 0.341 e. The minimum Gasteiger partial charge on any atom is -0.462 e. The summed E-state index contributed by atoms with van der Waals surface area (Å²) in [5.74, 6) is -1.35. The number of hydrogen-bond acceptors (Lipinski definition) is 8. The van der Waals surface area contributed by atoms with E-state index in [9.17, 15) is 19.2 Å². The van der Waals surface area contributed by atoms with E-state index in [4.69, 9.17) is 4.74 Å². The van der Waals surface area contributed by atoms with E-state index >= 15 is 0 Å². The highest BCUT2D eigenvalue weighted by Crippen LogP contribution is 2.44. The maximum absolute atomic E-state index is 14.5. The van der Waals surface area contributed by atoms with E-state index in [2.05, 4.69) is 28.1 Å². The minimum atomic E-state index is -0.714. The van der Waals surface area contributed by atoms with Crippen molar-refractivity contribution in [2.75, 3.05) is 36.2 Å². The number of thioether (sulfide) groups is 1. The van der Waals surface area contributed by atoms with Crippen molar-refractivity contribution in [1.82, 2.24) is 5.32 Å². The Bertz CT molecular complexity index is 2490. The fourth-order valence-corrected chi connectivity index (χ4v) is 9.54. The number of anilines is 3. The molecule has 0 fully saturated rings. The summed E-state index contributed by atoms with van der Waals surface area (Å²) in [5.41, 5.74) is 6.10. The number of thiophene rings is 1. The number of benzene rings is 5. The lowest BCUT2D eigenvalue weighted by Crippen LogP contribution is -2.30. The van der Waals surface area contributed by atoms with Crippen molar-refractivity contribution in [3.05, 3.63) is 183 Å². The standard InChI is InChI=1S/C49H46N4O5S2/c1-4-58-49(57)43-40-28-25-36(33-15-8-5-9-16-33)30-42(40)60-48(43)52-47(56)44(34-17-10-6-11-18-34)59-39-22-14-21-37(31-39)50-46(55)41(51-45(54)35-19-12-7-13-20-35)29-32-23-26-38(27-24-32)53(2)3/h5-24,26-27,29,31,36,44H,4,25,28,30H2,1-3H3,(H,50,55)(H,51,54)(H,52,56)/b41-29+. The molecule has 11 heteroatoms. The van der Waals surface area contributed by atoms with Crippen molar-refractivity contribution in [3.63, 3.8) is 0 Å². The number of nitrogens with one attached hydrogen (secondary N) is 3. The van der Waals surface area contributed by atoms with Gasteiger partial charge in [0.25, 0.3) is 11.8 Å². The highest BCUT2D eigenvalue weighted by Gasteiger charge is 2.32. The first-order chi connectivity index (χ1) is 29.2. The number of carbonyl (C=O) groups is 4. The zero-order chi connectivity index (χ0) is 42.0. The molecular formula is C49H46N4O5S2. The van der Waals surface area contributed by atoms with Crippen molar-refractivity contribution >= 4 is 69.2 Å². The van der Waals surface area contributed by atoms with Gasteiger partial charge in [-0.3, -0.25) is 14.4 Å². The summed E-state index contributed by atoms with van der Waals surface area (Å²) in [5, 5.41) is 8.68. The highest BCUT2D eigenvalue weighted by molar-refractivity contribution is 8.00. The number of carbonyl (C=O) groups excluding carboxylic acids is 4. The summed E-state index contributed by atoms with van der Waals surface area (Å²) in [6.07, 6.45) is 4.01. The fourth-order valence-electron chi connectivity index (χ4n) is 7.14. The Kier molecular flexibility index (Phi) is 13.6. The average molecular weight is 835 g/mol. The molecule has 0 saturated carbocycles. The number of amides is 3. The lowest BCUT2D eigenvalue weighted by Gasteiger charge is -2.23. The highest BCUT2D eigenvalue weighted by atomic mass is 32.2. The predicted molar refractivity (Wildman–Crippen MR) is 243 cm³/mol. The molecule has 0 saturated heterocycles. The van der Waals surface area contributed by atoms with E-state index in [1.165, 1.54) is 28.7 Å². The first-order valence-electron chi connectivity index (χ1n) is 19.8. The molecule has 1 heterocycles. The molecule has 3 amide bonds. The molecule has 0 radical (unpaired) electrons. The van der Waals surface area contributed by atoms with Gasteiger partial charge in [0.1, 0.15) is 15.9 Å². The van der Waals surface area contributed by atoms with Crippen molar-refractivity contribution in [2.45, 2.75) is 42.2 Å². The summed E-state index contributed by atoms with van der Waals surface area (Å²) in [4.78, 5) is 58.9. The Morgan fingerprint density at radius 1 is 0.833 bits per heavy atom. The Morgan fingerprint density at radius 2 is 1.52 bits per heavy atom. The van der Waals surface area contributed by atoms with Gasteiger partial charge in [0, 0.05) is 40.8 Å². The summed E-state index contributed by atoms with van der Waals surface area (Å²) in [6, 6.07) is 43.4. The third kappa shape index (κ3) is 10.2. The van der Waals surface area contributed by atoms with Crippen molar-refractivity contribution in [2.24, 2.45) is 0 Å². The molecular weight excluding hydrogens is 789 g/mol. The van der Waals surface area contributed by atoms with Gasteiger partial charge in [0.15, 0.2) is 0 Å². The van der Waals surface area contributed by atoms with Gasteiger partial charge in [0.05, 0.1) is 12.2 Å². The van der Waals surface area contributed by atoms with Crippen LogP contribution in [-0.4, -0.2) is 44.4 Å². The van der Waals surface area contributed by atoms with Crippen LogP contribution in [0.4, 0.5) is 16.4 Å². The molecule has 1 aromatic heterocycles. The van der Waals surface area contributed by atoms with Crippen LogP contribution in [0, 0.1) is 0 Å². The second-order valence-electron chi connectivity index (χ2n) is 14.5. The van der Waals surface area contributed by atoms with Gasteiger partial charge in [0.2, 0.25) is 5.91 Å². The number of esters is 1. The zero-order valence-electron chi connectivity index (χ0n) is 33.6. The summed E-state index contributed by atoms with van der Waals surface area (Å²) < 4.78 is 5.53. The number of ether oxygens (including phenoxy) is 1. The monoisotopic (exact) mass is 834 g/mol. The third-order valence-electron chi connectivity index (χ3n) is 10.2. The molecule has 6 aromatic rings. The molecule has 5 aromatic carbocycles. The Morgan fingerprint density at radius 3 is 2.20 bits per heavy atom. The zero-order valence-corrected chi connectivity index (χ0v) is 35.3. The number of hydrogen-bond donors (Lipinski definition) is 3. The van der Waals surface area contributed by atoms with Gasteiger partial charge >= 0.3 is 5.97 Å². The molecule has 3 N–H and O–H groups in total. The molecule has 304 valence electrons. The van der Waals surface area contributed by atoms with E-state index in [-0.39, 0.29) is 18.2 Å². The van der Waals surface area contributed by atoms with Crippen LogP contribution in [0.2, 0.25) is 0 Å². The summed E-state index contributed by atoms with van der Waals surface area (Å²) in [6.45, 7) is 2.00. The Labute approximate surface area is 358 Å². The number of rotatable bonds is 14. The molecule has 0 spiro atoms. The lowest BCUT2D eigenvalue weighted by atomic mass is 9.83. The van der Waals surface area contributed by atoms with Crippen LogP contribution in [0.5, 0.6) is 0 Å². The van der Waals surface area contributed by atoms with Gasteiger partial charge in [-0.2, -0.15) is 0 Å². The van der Waals surface area contributed by atoms with Gasteiger partial charge in [-0.1, -0.05) is 97.1 Å². The van der Waals surface area contributed by atoms with E-state index in [0.29, 0.717) is 34.2 Å². The van der Waals surface area contributed by atoms with E-state index in [1.54, 1.807) is 55.5 Å². The minimum absolute atomic E-state index is 0.0622. The quantitative estimate of drug-likeness (QED) is 0.0568. The van der Waals surface area contributed by atoms with Crippen LogP contribution in [0.25, 0.3) is 6.08 Å². The maximum atomic E-state index is 14.5. The van der Waals surface area contributed by atoms with Gasteiger partial charge in [-0.15, -0.1) is 23.1 Å². The number of nitrogens with zero attached hydrogens (tertiary/aromatic N) is 1. The molecule has 2 atom stereocenters. The molecule has 60 heavy (non-hydrogen) atoms. The van der Waals surface area contributed by atoms with E-state index < -0.39 is 23.0 Å². The van der Waals surface area contributed by atoms with Crippen LogP contribution in [-0.2, 0) is 27.2 Å². The molecule has 2 unspecified atom stereocenters. The fraction of sp³-hybridized carbons (Fsp3) is 0.184. The van der Waals surface area contributed by atoms with E-state index in [0.717, 1.165) is 45.0 Å². The van der Waals surface area contributed by atoms with Crippen LogP contribution in [0.15, 0.2) is 150 Å². The van der Waals surface area contributed by atoms with Crippen LogP contribution in [0.3, 0.4) is 0 Å². The molecule has 9 nitrogen and oxygen atoms in total. The first kappa shape index (κ1) is 41.7. The van der Waals surface area contributed by atoms with Crippen LogP contribution in [0.1, 0.15) is 72.4 Å². The average Bonchev–Trinajstić information content (AvgIpc) is 3.63. The van der Waals surface area contributed by atoms with Crippen molar-refractivity contribution in [3.8, 4) is 0 Å². The Balaban J connectivity index is 1.13. The molecule has 0 aliphatic heterocycles. The second-order valence-corrected chi connectivity index (χ2v) is 16.8. The second kappa shape index (κ2) is 19.5. The molecule has 1 aliphatic carbocycles. The normalized spacial score (nSPS) is 14.0.